The van der Waals surface area contributed by atoms with Crippen LogP contribution in [0.15, 0.2) is 144 Å². The van der Waals surface area contributed by atoms with Crippen molar-refractivity contribution in [2.45, 2.75) is 131 Å². The topological polar surface area (TPSA) is 24.6 Å². The van der Waals surface area contributed by atoms with Crippen LogP contribution >= 0.6 is 0 Å². The zero-order valence-electron chi connectivity index (χ0n) is 43.6. The third-order valence-electron chi connectivity index (χ3n) is 15.1. The van der Waals surface area contributed by atoms with Crippen LogP contribution in [0.1, 0.15) is 132 Å². The molecule has 0 saturated heterocycles. The van der Waals surface area contributed by atoms with Gasteiger partial charge in [0.1, 0.15) is 5.58 Å². The van der Waals surface area contributed by atoms with Crippen LogP contribution in [0.5, 0.6) is 0 Å². The van der Waals surface area contributed by atoms with E-state index in [9.17, 15) is 0 Å². The second-order valence-electron chi connectivity index (χ2n) is 25.2. The zero-order valence-corrected chi connectivity index (χ0v) is 43.6. The number of rotatable bonds is 4. The molecule has 0 saturated carbocycles. The van der Waals surface area contributed by atoms with Gasteiger partial charge in [0, 0.05) is 66.5 Å². The normalized spacial score (nSPS) is 14.0. The smallest absolute Gasteiger partial charge is 0.337 e. The Bertz CT molecular complexity index is 3460. The number of anilines is 6. The summed E-state index contributed by atoms with van der Waals surface area (Å²) in [6, 6.07) is 53.0. The monoisotopic (exact) mass is 906 g/mol. The lowest BCUT2D eigenvalue weighted by molar-refractivity contribution is 0.552. The Morgan fingerprint density at radius 3 is 1.57 bits per heavy atom. The summed E-state index contributed by atoms with van der Waals surface area (Å²) in [7, 11) is 0. The number of hydrogen-bond acceptors (Lipinski definition) is 3. The van der Waals surface area contributed by atoms with Gasteiger partial charge in [0.05, 0.1) is 5.69 Å². The van der Waals surface area contributed by atoms with Crippen LogP contribution in [0.2, 0.25) is 0 Å². The number of benzene rings is 7. The Balaban J connectivity index is 1.36. The average molecular weight is 906 g/mol. The maximum Gasteiger partial charge on any atom is 0.337 e. The van der Waals surface area contributed by atoms with Gasteiger partial charge in [-0.1, -0.05) is 171 Å². The Morgan fingerprint density at radius 2 is 1.00 bits per heavy atom. The van der Waals surface area contributed by atoms with Crippen LogP contribution in [-0.4, -0.2) is 11.3 Å². The molecule has 69 heavy (non-hydrogen) atoms. The minimum atomic E-state index is -0.196. The molecule has 4 nitrogen and oxygen atoms in total. The molecule has 9 aromatic rings. The van der Waals surface area contributed by atoms with Gasteiger partial charge in [0.25, 0.3) is 0 Å². The lowest BCUT2D eigenvalue weighted by Gasteiger charge is -2.39. The SMILES string of the molecule is CC(C)(C)c1ccc(N2c3cc(C(C)(C)C)cc4c3B(c3c2oc2c(C(C)(C)C)cc(C(C)(C)C)cc32)n2c3cccc(N(c5ccccc5)c5ccccc5)c3c3cc(C(C)(C)C)cc-4c32)cc1. The Kier molecular flexibility index (Phi) is 9.80. The summed E-state index contributed by atoms with van der Waals surface area (Å²) in [5.74, 6) is 0.899. The highest BCUT2D eigenvalue weighted by Gasteiger charge is 2.48. The first-order valence-corrected chi connectivity index (χ1v) is 25.1. The van der Waals surface area contributed by atoms with Gasteiger partial charge in [0.2, 0.25) is 5.88 Å². The molecule has 0 atom stereocenters. The van der Waals surface area contributed by atoms with E-state index in [0.29, 0.717) is 0 Å². The molecule has 4 heterocycles. The predicted octanol–water partition coefficient (Wildman–Crippen LogP) is 16.9. The molecule has 2 aliphatic heterocycles. The third-order valence-corrected chi connectivity index (χ3v) is 15.1. The number of hydrogen-bond donors (Lipinski definition) is 0. The highest BCUT2D eigenvalue weighted by atomic mass is 16.4. The first-order chi connectivity index (χ1) is 32.4. The Morgan fingerprint density at radius 1 is 0.464 bits per heavy atom. The van der Waals surface area contributed by atoms with Gasteiger partial charge in [-0.2, -0.15) is 0 Å². The van der Waals surface area contributed by atoms with Crippen LogP contribution in [0.3, 0.4) is 0 Å². The van der Waals surface area contributed by atoms with Gasteiger partial charge < -0.3 is 13.8 Å². The molecule has 0 amide bonds. The molecule has 0 spiro atoms. The lowest BCUT2D eigenvalue weighted by Crippen LogP contribution is -2.56. The van der Waals surface area contributed by atoms with E-state index in [-0.39, 0.29) is 33.9 Å². The quantitative estimate of drug-likeness (QED) is 0.165. The molecule has 0 fully saturated rings. The van der Waals surface area contributed by atoms with E-state index in [4.69, 9.17) is 4.42 Å². The van der Waals surface area contributed by atoms with Gasteiger partial charge in [-0.05, 0) is 133 Å². The fourth-order valence-electron chi connectivity index (χ4n) is 11.2. The largest absolute Gasteiger partial charge is 0.440 e. The summed E-state index contributed by atoms with van der Waals surface area (Å²) in [4.78, 5) is 4.94. The molecular formula is C64H68BN3O. The minimum Gasteiger partial charge on any atom is -0.440 e. The summed E-state index contributed by atoms with van der Waals surface area (Å²) in [6.07, 6.45) is 0. The number of para-hydroxylation sites is 2. The summed E-state index contributed by atoms with van der Waals surface area (Å²) in [6.45, 7) is 34.9. The second kappa shape index (κ2) is 15.0. The van der Waals surface area contributed by atoms with Crippen LogP contribution < -0.4 is 20.7 Å². The summed E-state index contributed by atoms with van der Waals surface area (Å²) in [5.41, 5.74) is 20.2. The van der Waals surface area contributed by atoms with Gasteiger partial charge >= 0.3 is 6.85 Å². The zero-order chi connectivity index (χ0) is 48.9. The van der Waals surface area contributed by atoms with Crippen molar-refractivity contribution in [2.24, 2.45) is 0 Å². The highest BCUT2D eigenvalue weighted by molar-refractivity contribution is 6.91. The van der Waals surface area contributed by atoms with Crippen molar-refractivity contribution < 1.29 is 4.42 Å². The van der Waals surface area contributed by atoms with E-state index in [1.165, 1.54) is 82.7 Å². The van der Waals surface area contributed by atoms with Gasteiger partial charge in [-0.15, -0.1) is 0 Å². The van der Waals surface area contributed by atoms with E-state index in [2.05, 4.69) is 258 Å². The molecule has 0 aliphatic carbocycles. The number of fused-ring (bicyclic) bond motifs is 9. The Labute approximate surface area is 411 Å². The molecule has 0 N–H and O–H groups in total. The minimum absolute atomic E-state index is 0.0110. The van der Waals surface area contributed by atoms with Crippen LogP contribution in [0.25, 0.3) is 43.9 Å². The molecule has 2 aromatic heterocycles. The summed E-state index contributed by atoms with van der Waals surface area (Å²) in [5, 5.41) is 3.71. The highest BCUT2D eigenvalue weighted by Crippen LogP contribution is 2.52. The maximum absolute atomic E-state index is 7.68. The first kappa shape index (κ1) is 45.0. The van der Waals surface area contributed by atoms with Crippen molar-refractivity contribution in [3.63, 3.8) is 0 Å². The molecule has 7 aromatic carbocycles. The van der Waals surface area contributed by atoms with Crippen molar-refractivity contribution in [3.8, 4) is 11.1 Å². The van der Waals surface area contributed by atoms with Crippen LogP contribution in [-0.2, 0) is 27.1 Å². The first-order valence-electron chi connectivity index (χ1n) is 25.1. The van der Waals surface area contributed by atoms with Gasteiger partial charge in [0.15, 0.2) is 0 Å². The van der Waals surface area contributed by atoms with Crippen LogP contribution in [0.4, 0.5) is 34.3 Å². The van der Waals surface area contributed by atoms with E-state index in [1.807, 2.05) is 0 Å². The summed E-state index contributed by atoms with van der Waals surface area (Å²) >= 11 is 0. The Hall–Kier alpha value is -6.46. The van der Waals surface area contributed by atoms with Crippen LogP contribution in [0, 0.1) is 0 Å². The van der Waals surface area contributed by atoms with E-state index in [0.717, 1.165) is 34.2 Å². The van der Waals surface area contributed by atoms with Gasteiger partial charge in [-0.3, -0.25) is 4.90 Å². The van der Waals surface area contributed by atoms with Crippen molar-refractivity contribution in [1.29, 1.82) is 0 Å². The maximum atomic E-state index is 7.68. The fraction of sp³-hybridized carbons (Fsp3) is 0.312. The molecule has 0 radical (unpaired) electrons. The molecule has 11 rings (SSSR count). The standard InChI is InChI=1S/C64H68BN3O/c1-60(2,3)39-29-31-45(32-30-39)67-53-38-42(63(10,11)12)33-46-47-34-40(61(4,5)6)35-48-54-51(66(43-23-18-16-19-24-43)44-25-20-17-21-26-44)27-22-28-52(54)68(57(47)48)65(55(46)53)56-49-36-41(62(7,8)9)37-50(64(13,14)15)58(49)69-59(56)67/h16-38H,1-15H3. The fourth-order valence-corrected chi connectivity index (χ4v) is 11.2. The van der Waals surface area contributed by atoms with Crippen molar-refractivity contribution in [1.82, 2.24) is 4.48 Å². The predicted molar refractivity (Wildman–Crippen MR) is 298 cm³/mol. The molecular weight excluding hydrogens is 838 g/mol. The second-order valence-corrected chi connectivity index (χ2v) is 25.2. The van der Waals surface area contributed by atoms with Crippen molar-refractivity contribution >= 4 is 84.9 Å². The molecule has 5 heteroatoms. The average Bonchev–Trinajstić information content (AvgIpc) is 3.83. The lowest BCUT2D eigenvalue weighted by atomic mass is 9.45. The van der Waals surface area contributed by atoms with E-state index in [1.54, 1.807) is 0 Å². The van der Waals surface area contributed by atoms with Crippen molar-refractivity contribution in [3.05, 3.63) is 167 Å². The number of aromatic nitrogens is 1. The summed E-state index contributed by atoms with van der Waals surface area (Å²) < 4.78 is 10.4. The molecule has 0 unspecified atom stereocenters. The third kappa shape index (κ3) is 7.08. The molecule has 2 aliphatic rings. The number of furan rings is 1. The molecule has 348 valence electrons. The molecule has 0 bridgehead atoms. The van der Waals surface area contributed by atoms with E-state index < -0.39 is 0 Å². The van der Waals surface area contributed by atoms with Gasteiger partial charge in [-0.25, -0.2) is 0 Å². The van der Waals surface area contributed by atoms with Crippen molar-refractivity contribution in [2.75, 3.05) is 9.80 Å². The van der Waals surface area contributed by atoms with E-state index >= 15 is 0 Å². The number of nitrogens with zero attached hydrogens (tertiary/aromatic N) is 3.